The van der Waals surface area contributed by atoms with Gasteiger partial charge in [-0.1, -0.05) is 20.8 Å². The second kappa shape index (κ2) is 7.09. The summed E-state index contributed by atoms with van der Waals surface area (Å²) in [5, 5.41) is 9.03. The van der Waals surface area contributed by atoms with Gasteiger partial charge in [-0.25, -0.2) is 26.7 Å². The van der Waals surface area contributed by atoms with Gasteiger partial charge in [0.15, 0.2) is 8.32 Å². The first-order valence-electron chi connectivity index (χ1n) is 8.06. The number of hydrogen-bond donors (Lipinski definition) is 2. The van der Waals surface area contributed by atoms with Crippen LogP contribution in [0, 0.1) is 0 Å². The second-order valence-corrected chi connectivity index (χ2v) is 14.6. The van der Waals surface area contributed by atoms with Gasteiger partial charge in [0.05, 0.1) is 12.4 Å². The van der Waals surface area contributed by atoms with Gasteiger partial charge in [0.25, 0.3) is 5.92 Å². The van der Waals surface area contributed by atoms with Gasteiger partial charge in [0, 0.05) is 6.54 Å². The molecule has 7 nitrogen and oxygen atoms in total. The van der Waals surface area contributed by atoms with Crippen molar-refractivity contribution in [2.24, 2.45) is 0 Å². The lowest BCUT2D eigenvalue weighted by atomic mass is 10.1. The number of halogens is 2. The predicted octanol–water partition coefficient (Wildman–Crippen LogP) is 2.31. The van der Waals surface area contributed by atoms with Crippen molar-refractivity contribution in [3.63, 3.8) is 0 Å². The Labute approximate surface area is 148 Å². The fourth-order valence-corrected chi connectivity index (χ4v) is 4.06. The summed E-state index contributed by atoms with van der Waals surface area (Å²) < 4.78 is 60.4. The Morgan fingerprint density at radius 2 is 1.92 bits per heavy atom. The third-order valence-electron chi connectivity index (χ3n) is 5.02. The number of hydrogen-bond acceptors (Lipinski definition) is 4. The average molecular weight is 403 g/mol. The van der Waals surface area contributed by atoms with E-state index < -0.39 is 55.6 Å². The van der Waals surface area contributed by atoms with Crippen molar-refractivity contribution in [1.29, 1.82) is 0 Å². The SMILES string of the molecule is CCS(=O)(=O)N[C@@H]1CN(C(=O)O)[C@H](CO[Si](C)(C)C(C)(C)C)C1(F)F. The minimum absolute atomic E-state index is 0.224. The number of carboxylic acid groups (broad SMARTS) is 1. The maximum atomic E-state index is 14.7. The summed E-state index contributed by atoms with van der Waals surface area (Å²) in [6, 6.07) is -3.54. The monoisotopic (exact) mass is 402 g/mol. The minimum Gasteiger partial charge on any atom is -0.465 e. The van der Waals surface area contributed by atoms with Crippen LogP contribution in [0.25, 0.3) is 0 Å². The highest BCUT2D eigenvalue weighted by atomic mass is 32.2. The normalized spacial score (nSPS) is 24.6. The maximum absolute atomic E-state index is 14.7. The van der Waals surface area contributed by atoms with Gasteiger partial charge in [-0.3, -0.25) is 4.90 Å². The molecule has 1 aliphatic rings. The highest BCUT2D eigenvalue weighted by molar-refractivity contribution is 7.89. The van der Waals surface area contributed by atoms with Crippen LogP contribution in [0.4, 0.5) is 13.6 Å². The Morgan fingerprint density at radius 1 is 1.40 bits per heavy atom. The molecule has 0 saturated carbocycles. The Bertz CT molecular complexity index is 607. The van der Waals surface area contributed by atoms with Crippen molar-refractivity contribution in [3.05, 3.63) is 0 Å². The van der Waals surface area contributed by atoms with Crippen molar-refractivity contribution in [3.8, 4) is 0 Å². The number of nitrogens with zero attached hydrogens (tertiary/aromatic N) is 1. The van der Waals surface area contributed by atoms with Crippen molar-refractivity contribution in [2.75, 3.05) is 18.9 Å². The highest BCUT2D eigenvalue weighted by Crippen LogP contribution is 2.39. The first-order valence-corrected chi connectivity index (χ1v) is 12.6. The molecule has 1 heterocycles. The summed E-state index contributed by atoms with van der Waals surface area (Å²) in [4.78, 5) is 11.9. The lowest BCUT2D eigenvalue weighted by molar-refractivity contribution is -0.0573. The minimum atomic E-state index is -3.89. The number of alkyl halides is 2. The fraction of sp³-hybridized carbons (Fsp3) is 0.929. The van der Waals surface area contributed by atoms with E-state index in [1.807, 2.05) is 38.6 Å². The lowest BCUT2D eigenvalue weighted by Gasteiger charge is -2.38. The number of amides is 1. The smallest absolute Gasteiger partial charge is 0.407 e. The van der Waals surface area contributed by atoms with Crippen LogP contribution >= 0.6 is 0 Å². The topological polar surface area (TPSA) is 95.9 Å². The molecule has 1 saturated heterocycles. The van der Waals surface area contributed by atoms with Gasteiger partial charge < -0.3 is 9.53 Å². The third kappa shape index (κ3) is 4.89. The molecule has 0 spiro atoms. The van der Waals surface area contributed by atoms with Crippen LogP contribution in [0.2, 0.25) is 18.1 Å². The fourth-order valence-electron chi connectivity index (χ4n) is 2.22. The Morgan fingerprint density at radius 3 is 2.32 bits per heavy atom. The van der Waals surface area contributed by atoms with Crippen molar-refractivity contribution in [2.45, 2.75) is 63.8 Å². The van der Waals surface area contributed by atoms with E-state index in [0.717, 1.165) is 0 Å². The van der Waals surface area contributed by atoms with Crippen LogP contribution in [0.1, 0.15) is 27.7 Å². The number of nitrogens with one attached hydrogen (secondary N) is 1. The highest BCUT2D eigenvalue weighted by Gasteiger charge is 2.59. The van der Waals surface area contributed by atoms with E-state index >= 15 is 0 Å². The molecule has 25 heavy (non-hydrogen) atoms. The van der Waals surface area contributed by atoms with Crippen molar-refractivity contribution in [1.82, 2.24) is 9.62 Å². The molecule has 0 aromatic rings. The molecule has 0 radical (unpaired) electrons. The lowest BCUT2D eigenvalue weighted by Crippen LogP contribution is -2.53. The molecule has 1 rings (SSSR count). The molecule has 0 aliphatic carbocycles. The molecular weight excluding hydrogens is 374 g/mol. The standard InChI is InChI=1S/C14H28F2N2O5SSi/c1-7-24(21,22)17-10-8-18(12(19)20)11(14(10,15)16)9-23-25(5,6)13(2,3)4/h10-11,17H,7-9H2,1-6H3,(H,19,20)/t10-,11-/m1/s1. The molecule has 0 bridgehead atoms. The third-order valence-corrected chi connectivity index (χ3v) is 10.9. The summed E-state index contributed by atoms with van der Waals surface area (Å²) in [7, 11) is -6.26. The van der Waals surface area contributed by atoms with E-state index in [1.165, 1.54) is 6.92 Å². The quantitative estimate of drug-likeness (QED) is 0.665. The van der Waals surface area contributed by atoms with Crippen LogP contribution in [-0.2, 0) is 14.4 Å². The zero-order chi connectivity index (χ0) is 19.8. The number of likely N-dealkylation sites (tertiary alicyclic amines) is 1. The van der Waals surface area contributed by atoms with Crippen LogP contribution in [-0.4, -0.2) is 69.7 Å². The van der Waals surface area contributed by atoms with Gasteiger partial charge in [0.2, 0.25) is 10.0 Å². The van der Waals surface area contributed by atoms with Gasteiger partial charge in [-0.05, 0) is 25.1 Å². The van der Waals surface area contributed by atoms with Crippen LogP contribution in [0.5, 0.6) is 0 Å². The van der Waals surface area contributed by atoms with Crippen molar-refractivity contribution < 1.29 is 31.5 Å². The predicted molar refractivity (Wildman–Crippen MR) is 93.0 cm³/mol. The molecule has 0 unspecified atom stereocenters. The summed E-state index contributed by atoms with van der Waals surface area (Å²) in [6.45, 7) is 9.82. The first-order chi connectivity index (χ1) is 11.0. The Hall–Kier alpha value is -0.783. The number of rotatable bonds is 6. The second-order valence-electron chi connectivity index (χ2n) is 7.77. The van der Waals surface area contributed by atoms with Gasteiger partial charge in [-0.15, -0.1) is 0 Å². The van der Waals surface area contributed by atoms with E-state index in [-0.39, 0.29) is 10.8 Å². The Kier molecular flexibility index (Phi) is 6.31. The molecule has 148 valence electrons. The van der Waals surface area contributed by atoms with E-state index in [4.69, 9.17) is 4.43 Å². The number of carbonyl (C=O) groups is 1. The van der Waals surface area contributed by atoms with Crippen LogP contribution in [0.3, 0.4) is 0 Å². The molecular formula is C14H28F2N2O5SSi. The molecule has 1 amide bonds. The first kappa shape index (κ1) is 22.3. The molecule has 1 fully saturated rings. The van der Waals surface area contributed by atoms with Crippen LogP contribution < -0.4 is 4.72 Å². The molecule has 0 aromatic carbocycles. The summed E-state index contributed by atoms with van der Waals surface area (Å²) in [5.41, 5.74) is 0. The zero-order valence-corrected chi connectivity index (χ0v) is 17.3. The van der Waals surface area contributed by atoms with Gasteiger partial charge in [0.1, 0.15) is 12.1 Å². The largest absolute Gasteiger partial charge is 0.465 e. The van der Waals surface area contributed by atoms with E-state index in [9.17, 15) is 27.1 Å². The van der Waals surface area contributed by atoms with E-state index in [0.29, 0.717) is 4.90 Å². The number of sulfonamides is 1. The van der Waals surface area contributed by atoms with E-state index in [2.05, 4.69) is 0 Å². The summed E-state index contributed by atoms with van der Waals surface area (Å²) >= 11 is 0. The molecule has 2 atom stereocenters. The summed E-state index contributed by atoms with van der Waals surface area (Å²) in [5.74, 6) is -3.93. The van der Waals surface area contributed by atoms with Gasteiger partial charge in [-0.2, -0.15) is 0 Å². The maximum Gasteiger partial charge on any atom is 0.407 e. The molecule has 2 N–H and O–H groups in total. The van der Waals surface area contributed by atoms with Gasteiger partial charge >= 0.3 is 6.09 Å². The zero-order valence-electron chi connectivity index (χ0n) is 15.5. The Balaban J connectivity index is 3.04. The van der Waals surface area contributed by atoms with E-state index in [1.54, 1.807) is 0 Å². The van der Waals surface area contributed by atoms with Crippen molar-refractivity contribution >= 4 is 24.4 Å². The molecule has 0 aromatic heterocycles. The molecule has 1 aliphatic heterocycles. The molecule has 11 heteroatoms. The average Bonchev–Trinajstić information content (AvgIpc) is 2.66. The van der Waals surface area contributed by atoms with Crippen LogP contribution in [0.15, 0.2) is 0 Å². The summed E-state index contributed by atoms with van der Waals surface area (Å²) in [6.07, 6.45) is -1.53.